The van der Waals surface area contributed by atoms with E-state index in [2.05, 4.69) is 77.2 Å². The summed E-state index contributed by atoms with van der Waals surface area (Å²) in [5.41, 5.74) is 4.37. The van der Waals surface area contributed by atoms with Gasteiger partial charge in [-0.05, 0) is 93.1 Å². The fourth-order valence-corrected chi connectivity index (χ4v) is 4.66. The monoisotopic (exact) mass is 468 g/mol. The van der Waals surface area contributed by atoms with E-state index in [1.807, 2.05) is 54.7 Å². The van der Waals surface area contributed by atoms with E-state index in [0.717, 1.165) is 22.9 Å². The molecule has 0 spiro atoms. The number of pyridine rings is 1. The Hall–Kier alpha value is -3.64. The second kappa shape index (κ2) is 9.31. The third-order valence-corrected chi connectivity index (χ3v) is 6.46. The van der Waals surface area contributed by atoms with Crippen LogP contribution in [0.4, 0.5) is 5.69 Å². The molecular weight excluding hydrogens is 440 g/mol. The van der Waals surface area contributed by atoms with Gasteiger partial charge in [0.25, 0.3) is 0 Å². The van der Waals surface area contributed by atoms with E-state index >= 15 is 0 Å². The molecule has 0 saturated carbocycles. The highest BCUT2D eigenvalue weighted by Crippen LogP contribution is 2.42. The Morgan fingerprint density at radius 2 is 1.65 bits per heavy atom. The molecule has 1 N–H and O–H groups in total. The standard InChI is InChI=1S/C28H28N4OS/c1-19(2)31-17-15-21(18-31)27-26(25-6-4-5-16-29-25)30-28(34)32(27)22-9-13-24(14-10-22)33-23-11-7-20(3)8-12-23/h4-19,26-27H,1-3H3,(H,30,34). The third-order valence-electron chi connectivity index (χ3n) is 6.14. The number of anilines is 1. The van der Waals surface area contributed by atoms with Crippen LogP contribution in [0.3, 0.4) is 0 Å². The third kappa shape index (κ3) is 4.41. The minimum Gasteiger partial charge on any atom is -0.457 e. The van der Waals surface area contributed by atoms with Crippen molar-refractivity contribution < 1.29 is 4.74 Å². The molecule has 2 aromatic heterocycles. The number of nitrogens with one attached hydrogen (secondary N) is 1. The van der Waals surface area contributed by atoms with Crippen LogP contribution in [0.15, 0.2) is 91.4 Å². The van der Waals surface area contributed by atoms with Crippen LogP contribution in [-0.4, -0.2) is 14.7 Å². The van der Waals surface area contributed by atoms with Gasteiger partial charge in [0.1, 0.15) is 11.5 Å². The number of aromatic nitrogens is 2. The molecule has 1 aliphatic heterocycles. The highest BCUT2D eigenvalue weighted by molar-refractivity contribution is 7.80. The fourth-order valence-electron chi connectivity index (χ4n) is 4.32. The average Bonchev–Trinajstić information content (AvgIpc) is 3.47. The molecule has 3 heterocycles. The first kappa shape index (κ1) is 22.2. The molecule has 34 heavy (non-hydrogen) atoms. The lowest BCUT2D eigenvalue weighted by Gasteiger charge is -2.27. The lowest BCUT2D eigenvalue weighted by molar-refractivity contribution is 0.482. The highest BCUT2D eigenvalue weighted by atomic mass is 32.1. The van der Waals surface area contributed by atoms with E-state index in [-0.39, 0.29) is 12.1 Å². The molecule has 0 radical (unpaired) electrons. The Morgan fingerprint density at radius 1 is 0.941 bits per heavy atom. The van der Waals surface area contributed by atoms with Crippen molar-refractivity contribution in [2.75, 3.05) is 4.90 Å². The molecule has 1 fully saturated rings. The van der Waals surface area contributed by atoms with Crippen molar-refractivity contribution in [1.29, 1.82) is 0 Å². The van der Waals surface area contributed by atoms with Crippen molar-refractivity contribution in [3.05, 3.63) is 108 Å². The Morgan fingerprint density at radius 3 is 2.26 bits per heavy atom. The van der Waals surface area contributed by atoms with E-state index < -0.39 is 0 Å². The number of nitrogens with zero attached hydrogens (tertiary/aromatic N) is 3. The minimum absolute atomic E-state index is 0.0220. The lowest BCUT2D eigenvalue weighted by atomic mass is 9.98. The molecule has 6 heteroatoms. The van der Waals surface area contributed by atoms with Crippen molar-refractivity contribution in [1.82, 2.24) is 14.9 Å². The van der Waals surface area contributed by atoms with E-state index in [1.54, 1.807) is 0 Å². The molecule has 1 saturated heterocycles. The maximum Gasteiger partial charge on any atom is 0.174 e. The Kier molecular flexibility index (Phi) is 6.07. The van der Waals surface area contributed by atoms with Crippen LogP contribution in [0.2, 0.25) is 0 Å². The smallest absolute Gasteiger partial charge is 0.174 e. The van der Waals surface area contributed by atoms with Crippen molar-refractivity contribution in [3.63, 3.8) is 0 Å². The molecule has 2 aromatic carbocycles. The number of hydrogen-bond donors (Lipinski definition) is 1. The molecular formula is C28H28N4OS. The molecule has 0 amide bonds. The Labute approximate surface area is 206 Å². The molecule has 0 bridgehead atoms. The number of rotatable bonds is 6. The van der Waals surface area contributed by atoms with Crippen LogP contribution in [0.25, 0.3) is 0 Å². The maximum absolute atomic E-state index is 6.03. The summed E-state index contributed by atoms with van der Waals surface area (Å²) in [5, 5.41) is 4.21. The Bertz CT molecular complexity index is 1270. The molecule has 0 aliphatic carbocycles. The zero-order valence-corrected chi connectivity index (χ0v) is 20.4. The molecule has 5 rings (SSSR count). The van der Waals surface area contributed by atoms with Crippen molar-refractivity contribution >= 4 is 23.0 Å². The number of benzene rings is 2. The molecule has 2 atom stereocenters. The largest absolute Gasteiger partial charge is 0.457 e. The van der Waals surface area contributed by atoms with Crippen molar-refractivity contribution in [3.8, 4) is 11.5 Å². The van der Waals surface area contributed by atoms with Crippen LogP contribution in [0.1, 0.15) is 48.8 Å². The van der Waals surface area contributed by atoms with Gasteiger partial charge in [-0.1, -0.05) is 23.8 Å². The lowest BCUT2D eigenvalue weighted by Crippen LogP contribution is -2.29. The normalized spacial score (nSPS) is 17.8. The molecule has 172 valence electrons. The summed E-state index contributed by atoms with van der Waals surface area (Å²) in [6, 6.07) is 24.6. The van der Waals surface area contributed by atoms with Gasteiger partial charge in [0, 0.05) is 30.3 Å². The summed E-state index contributed by atoms with van der Waals surface area (Å²) in [7, 11) is 0. The van der Waals surface area contributed by atoms with Gasteiger partial charge in [-0.2, -0.15) is 0 Å². The molecule has 4 aromatic rings. The van der Waals surface area contributed by atoms with Gasteiger partial charge >= 0.3 is 0 Å². The van der Waals surface area contributed by atoms with Gasteiger partial charge in [-0.25, -0.2) is 0 Å². The summed E-state index contributed by atoms with van der Waals surface area (Å²) in [6.45, 7) is 6.43. The van der Waals surface area contributed by atoms with Crippen molar-refractivity contribution in [2.24, 2.45) is 0 Å². The molecule has 1 aliphatic rings. The summed E-state index contributed by atoms with van der Waals surface area (Å²) < 4.78 is 8.25. The van der Waals surface area contributed by atoms with Crippen LogP contribution in [-0.2, 0) is 0 Å². The second-order valence-corrected chi connectivity index (χ2v) is 9.28. The quantitative estimate of drug-likeness (QED) is 0.317. The van der Waals surface area contributed by atoms with Crippen molar-refractivity contribution in [2.45, 2.75) is 38.9 Å². The van der Waals surface area contributed by atoms with E-state index in [9.17, 15) is 0 Å². The van der Waals surface area contributed by atoms with Gasteiger partial charge in [-0.15, -0.1) is 0 Å². The van der Waals surface area contributed by atoms with E-state index in [1.165, 1.54) is 11.1 Å². The van der Waals surface area contributed by atoms with Gasteiger partial charge < -0.3 is 19.5 Å². The van der Waals surface area contributed by atoms with Crippen LogP contribution >= 0.6 is 12.2 Å². The van der Waals surface area contributed by atoms with Gasteiger partial charge in [0.15, 0.2) is 5.11 Å². The topological polar surface area (TPSA) is 42.3 Å². The zero-order chi connectivity index (χ0) is 23.7. The molecule has 2 unspecified atom stereocenters. The van der Waals surface area contributed by atoms with E-state index in [4.69, 9.17) is 17.0 Å². The second-order valence-electron chi connectivity index (χ2n) is 8.89. The number of aryl methyl sites for hydroxylation is 1. The minimum atomic E-state index is -0.0554. The van der Waals surface area contributed by atoms with Crippen LogP contribution in [0.5, 0.6) is 11.5 Å². The first-order valence-electron chi connectivity index (χ1n) is 11.5. The predicted octanol–water partition coefficient (Wildman–Crippen LogP) is 6.74. The summed E-state index contributed by atoms with van der Waals surface area (Å²) >= 11 is 5.83. The summed E-state index contributed by atoms with van der Waals surface area (Å²) in [5.74, 6) is 1.61. The number of thiocarbonyl (C=S) groups is 1. The Balaban J connectivity index is 1.47. The fraction of sp³-hybridized carbons (Fsp3) is 0.214. The van der Waals surface area contributed by atoms with Gasteiger partial charge in [-0.3, -0.25) is 4.98 Å². The SMILES string of the molecule is Cc1ccc(Oc2ccc(N3C(=S)NC(c4ccccn4)C3c3ccn(C(C)C)c3)cc2)cc1. The summed E-state index contributed by atoms with van der Waals surface area (Å²) in [4.78, 5) is 6.82. The number of ether oxygens (including phenoxy) is 1. The van der Waals surface area contributed by atoms with Crippen LogP contribution < -0.4 is 15.0 Å². The highest BCUT2D eigenvalue weighted by Gasteiger charge is 2.41. The maximum atomic E-state index is 6.03. The van der Waals surface area contributed by atoms with Gasteiger partial charge in [0.2, 0.25) is 0 Å². The average molecular weight is 469 g/mol. The van der Waals surface area contributed by atoms with E-state index in [0.29, 0.717) is 11.2 Å². The van der Waals surface area contributed by atoms with Crippen LogP contribution in [0, 0.1) is 6.92 Å². The molecule has 5 nitrogen and oxygen atoms in total. The first-order valence-corrected chi connectivity index (χ1v) is 11.9. The first-order chi connectivity index (χ1) is 16.5. The predicted molar refractivity (Wildman–Crippen MR) is 140 cm³/mol. The number of hydrogen-bond acceptors (Lipinski definition) is 3. The zero-order valence-electron chi connectivity index (χ0n) is 19.6. The van der Waals surface area contributed by atoms with Gasteiger partial charge in [0.05, 0.1) is 17.8 Å². The summed E-state index contributed by atoms with van der Waals surface area (Å²) in [6.07, 6.45) is 6.17.